The second-order valence-corrected chi connectivity index (χ2v) is 3.66. The Labute approximate surface area is 103 Å². The monoisotopic (exact) mass is 245 g/mol. The maximum Gasteiger partial charge on any atom is 0.269 e. The average molecular weight is 245 g/mol. The summed E-state index contributed by atoms with van der Waals surface area (Å²) in [6.07, 6.45) is 0. The summed E-state index contributed by atoms with van der Waals surface area (Å²) in [6, 6.07) is 12.8. The first-order chi connectivity index (χ1) is 8.69. The minimum atomic E-state index is -0.459. The van der Waals surface area contributed by atoms with Crippen molar-refractivity contribution < 1.29 is 14.8 Å². The quantitative estimate of drug-likeness (QED) is 0.664. The highest BCUT2D eigenvalue weighted by Crippen LogP contribution is 2.23. The van der Waals surface area contributed by atoms with Crippen LogP contribution < -0.4 is 4.74 Å². The Hall–Kier alpha value is -2.40. The van der Waals surface area contributed by atoms with Gasteiger partial charge in [-0.1, -0.05) is 12.1 Å². The molecule has 2 aromatic carbocycles. The van der Waals surface area contributed by atoms with Crippen LogP contribution in [0.4, 0.5) is 5.69 Å². The molecular formula is C13H11NO4. The van der Waals surface area contributed by atoms with Crippen LogP contribution in [0.25, 0.3) is 0 Å². The lowest BCUT2D eigenvalue weighted by Crippen LogP contribution is -1.89. The third kappa shape index (κ3) is 2.83. The molecule has 0 aliphatic heterocycles. The number of nitrogens with zero attached hydrogens (tertiary/aromatic N) is 1. The third-order valence-electron chi connectivity index (χ3n) is 2.39. The lowest BCUT2D eigenvalue weighted by molar-refractivity contribution is -0.384. The highest BCUT2D eigenvalue weighted by atomic mass is 16.6. The summed E-state index contributed by atoms with van der Waals surface area (Å²) in [5.41, 5.74) is 0.823. The van der Waals surface area contributed by atoms with Crippen molar-refractivity contribution in [3.63, 3.8) is 0 Å². The summed E-state index contributed by atoms with van der Waals surface area (Å²) in [4.78, 5) is 10.0. The van der Waals surface area contributed by atoms with Gasteiger partial charge in [0.25, 0.3) is 5.69 Å². The van der Waals surface area contributed by atoms with Crippen molar-refractivity contribution in [2.75, 3.05) is 0 Å². The summed E-state index contributed by atoms with van der Waals surface area (Å²) in [7, 11) is 0. The molecule has 5 nitrogen and oxygen atoms in total. The fourth-order valence-corrected chi connectivity index (χ4v) is 1.43. The first-order valence-electron chi connectivity index (χ1n) is 5.31. The molecule has 0 saturated carbocycles. The molecule has 0 aromatic heterocycles. The number of non-ortho nitro benzene ring substituents is 1. The minimum absolute atomic E-state index is 0.0161. The van der Waals surface area contributed by atoms with Gasteiger partial charge < -0.3 is 9.84 Å². The average Bonchev–Trinajstić information content (AvgIpc) is 2.40. The van der Waals surface area contributed by atoms with Gasteiger partial charge in [-0.25, -0.2) is 0 Å². The molecule has 0 aliphatic carbocycles. The Morgan fingerprint density at radius 3 is 1.94 bits per heavy atom. The first-order valence-corrected chi connectivity index (χ1v) is 5.31. The van der Waals surface area contributed by atoms with E-state index in [-0.39, 0.29) is 12.3 Å². The highest BCUT2D eigenvalue weighted by Gasteiger charge is 2.04. The third-order valence-corrected chi connectivity index (χ3v) is 2.39. The highest BCUT2D eigenvalue weighted by molar-refractivity contribution is 5.39. The topological polar surface area (TPSA) is 72.6 Å². The molecule has 0 spiro atoms. The zero-order valence-electron chi connectivity index (χ0n) is 9.45. The van der Waals surface area contributed by atoms with Gasteiger partial charge in [-0.2, -0.15) is 0 Å². The Balaban J connectivity index is 2.10. The predicted molar refractivity (Wildman–Crippen MR) is 65.5 cm³/mol. The number of rotatable bonds is 4. The van der Waals surface area contributed by atoms with Crippen molar-refractivity contribution in [3.8, 4) is 11.5 Å². The summed E-state index contributed by atoms with van der Waals surface area (Å²) in [5.74, 6) is 1.14. The van der Waals surface area contributed by atoms with E-state index in [0.717, 1.165) is 5.56 Å². The summed E-state index contributed by atoms with van der Waals surface area (Å²) >= 11 is 0. The molecule has 0 unspecified atom stereocenters. The van der Waals surface area contributed by atoms with Gasteiger partial charge in [0, 0.05) is 12.1 Å². The molecule has 0 aliphatic rings. The fourth-order valence-electron chi connectivity index (χ4n) is 1.43. The fraction of sp³-hybridized carbons (Fsp3) is 0.0769. The number of ether oxygens (including phenoxy) is 1. The van der Waals surface area contributed by atoms with Crippen LogP contribution >= 0.6 is 0 Å². The molecule has 0 heterocycles. The van der Waals surface area contributed by atoms with Crippen LogP contribution in [-0.4, -0.2) is 10.0 Å². The molecular weight excluding hydrogens is 234 g/mol. The molecule has 0 saturated heterocycles. The van der Waals surface area contributed by atoms with Crippen LogP contribution in [0.1, 0.15) is 5.56 Å². The van der Waals surface area contributed by atoms with Gasteiger partial charge in [-0.05, 0) is 29.8 Å². The van der Waals surface area contributed by atoms with Crippen molar-refractivity contribution in [2.24, 2.45) is 0 Å². The largest absolute Gasteiger partial charge is 0.457 e. The lowest BCUT2D eigenvalue weighted by Gasteiger charge is -2.05. The van der Waals surface area contributed by atoms with Crippen LogP contribution in [0.5, 0.6) is 11.5 Å². The number of hydrogen-bond donors (Lipinski definition) is 1. The molecule has 0 radical (unpaired) electrons. The summed E-state index contributed by atoms with van der Waals surface area (Å²) in [5, 5.41) is 19.4. The van der Waals surface area contributed by atoms with E-state index in [1.807, 2.05) is 0 Å². The number of aliphatic hydroxyl groups excluding tert-OH is 1. The number of aliphatic hydroxyl groups is 1. The Morgan fingerprint density at radius 1 is 1.00 bits per heavy atom. The normalized spacial score (nSPS) is 10.1. The van der Waals surface area contributed by atoms with Crippen LogP contribution in [0, 0.1) is 10.1 Å². The second-order valence-electron chi connectivity index (χ2n) is 3.66. The number of benzene rings is 2. The molecule has 0 atom stereocenters. The van der Waals surface area contributed by atoms with E-state index < -0.39 is 4.92 Å². The summed E-state index contributed by atoms with van der Waals surface area (Å²) in [6.45, 7) is -0.0161. The van der Waals surface area contributed by atoms with Crippen LogP contribution in [-0.2, 0) is 6.61 Å². The van der Waals surface area contributed by atoms with Gasteiger partial charge in [-0.3, -0.25) is 10.1 Å². The van der Waals surface area contributed by atoms with E-state index in [2.05, 4.69) is 0 Å². The van der Waals surface area contributed by atoms with E-state index in [9.17, 15) is 10.1 Å². The SMILES string of the molecule is O=[N+]([O-])c1ccc(Oc2ccc(CO)cc2)cc1. The van der Waals surface area contributed by atoms with Crippen molar-refractivity contribution in [1.82, 2.24) is 0 Å². The molecule has 1 N–H and O–H groups in total. The number of hydrogen-bond acceptors (Lipinski definition) is 4. The molecule has 2 aromatic rings. The van der Waals surface area contributed by atoms with Gasteiger partial charge in [-0.15, -0.1) is 0 Å². The summed E-state index contributed by atoms with van der Waals surface area (Å²) < 4.78 is 5.51. The van der Waals surface area contributed by atoms with Crippen molar-refractivity contribution in [3.05, 3.63) is 64.2 Å². The first kappa shape index (κ1) is 12.1. The van der Waals surface area contributed by atoms with Gasteiger partial charge in [0.15, 0.2) is 0 Å². The molecule has 2 rings (SSSR count). The van der Waals surface area contributed by atoms with Crippen molar-refractivity contribution in [2.45, 2.75) is 6.61 Å². The number of nitro benzene ring substituents is 1. The Morgan fingerprint density at radius 2 is 1.50 bits per heavy atom. The van der Waals surface area contributed by atoms with E-state index in [1.165, 1.54) is 24.3 Å². The maximum atomic E-state index is 10.5. The Kier molecular flexibility index (Phi) is 3.54. The standard InChI is InChI=1S/C13H11NO4/c15-9-10-1-5-12(6-2-10)18-13-7-3-11(4-8-13)14(16)17/h1-8,15H,9H2. The van der Waals surface area contributed by atoms with Gasteiger partial charge in [0.2, 0.25) is 0 Å². The second kappa shape index (κ2) is 5.29. The molecule has 92 valence electrons. The Bertz CT molecular complexity index is 534. The van der Waals surface area contributed by atoms with E-state index in [1.54, 1.807) is 24.3 Å². The van der Waals surface area contributed by atoms with Crippen LogP contribution in [0.2, 0.25) is 0 Å². The zero-order chi connectivity index (χ0) is 13.0. The van der Waals surface area contributed by atoms with Crippen molar-refractivity contribution >= 4 is 5.69 Å². The van der Waals surface area contributed by atoms with E-state index in [4.69, 9.17) is 9.84 Å². The lowest BCUT2D eigenvalue weighted by atomic mass is 10.2. The molecule has 0 amide bonds. The predicted octanol–water partition coefficient (Wildman–Crippen LogP) is 2.88. The van der Waals surface area contributed by atoms with Gasteiger partial charge in [0.05, 0.1) is 11.5 Å². The van der Waals surface area contributed by atoms with Gasteiger partial charge in [0.1, 0.15) is 11.5 Å². The van der Waals surface area contributed by atoms with Crippen LogP contribution in [0.15, 0.2) is 48.5 Å². The van der Waals surface area contributed by atoms with E-state index in [0.29, 0.717) is 11.5 Å². The molecule has 0 fully saturated rings. The minimum Gasteiger partial charge on any atom is -0.457 e. The smallest absolute Gasteiger partial charge is 0.269 e. The zero-order valence-corrected chi connectivity index (χ0v) is 9.45. The molecule has 0 bridgehead atoms. The number of nitro groups is 1. The van der Waals surface area contributed by atoms with Crippen molar-refractivity contribution in [1.29, 1.82) is 0 Å². The molecule has 5 heteroatoms. The van der Waals surface area contributed by atoms with Gasteiger partial charge >= 0.3 is 0 Å². The van der Waals surface area contributed by atoms with Crippen LogP contribution in [0.3, 0.4) is 0 Å². The van der Waals surface area contributed by atoms with E-state index >= 15 is 0 Å². The molecule has 18 heavy (non-hydrogen) atoms. The maximum absolute atomic E-state index is 10.5.